The fourth-order valence-electron chi connectivity index (χ4n) is 12.5. The van der Waals surface area contributed by atoms with Crippen LogP contribution in [0.2, 0.25) is 0 Å². The molecule has 19 nitrogen and oxygen atoms in total. The van der Waals surface area contributed by atoms with E-state index < -0.39 is 124 Å². The molecule has 0 aromatic rings. The van der Waals surface area contributed by atoms with Gasteiger partial charge in [-0.3, -0.25) is 4.79 Å². The molecular formula is C71H133NO18. The highest BCUT2D eigenvalue weighted by Crippen LogP contribution is 2.33. The molecule has 0 aromatic carbocycles. The lowest BCUT2D eigenvalue weighted by Crippen LogP contribution is -2.66. The minimum absolute atomic E-state index is 0.246. The average molecular weight is 1290 g/mol. The molecule has 0 aliphatic carbocycles. The first-order valence-corrected chi connectivity index (χ1v) is 36.6. The van der Waals surface area contributed by atoms with Crippen LogP contribution in [0.4, 0.5) is 0 Å². The predicted octanol–water partition coefficient (Wildman–Crippen LogP) is 10.2. The van der Waals surface area contributed by atoms with Crippen LogP contribution in [0.15, 0.2) is 24.3 Å². The van der Waals surface area contributed by atoms with Gasteiger partial charge in [0.15, 0.2) is 18.9 Å². The number of carbonyl (C=O) groups is 1. The van der Waals surface area contributed by atoms with Crippen molar-refractivity contribution in [1.29, 1.82) is 0 Å². The number of allylic oxidation sites excluding steroid dienone is 3. The summed E-state index contributed by atoms with van der Waals surface area (Å²) in [6.45, 7) is 1.57. The monoisotopic (exact) mass is 1290 g/mol. The summed E-state index contributed by atoms with van der Waals surface area (Å²) < 4.78 is 34.1. The molecule has 19 heteroatoms. The summed E-state index contributed by atoms with van der Waals surface area (Å²) in [5, 5.41) is 119. The number of aliphatic hydroxyl groups is 11. The van der Waals surface area contributed by atoms with Crippen molar-refractivity contribution in [1.82, 2.24) is 5.32 Å². The summed E-state index contributed by atoms with van der Waals surface area (Å²) in [4.78, 5) is 13.2. The largest absolute Gasteiger partial charge is 0.394 e. The second-order valence-corrected chi connectivity index (χ2v) is 26.4. The number of hydrogen-bond acceptors (Lipinski definition) is 18. The normalized spacial score (nSPS) is 28.1. The highest BCUT2D eigenvalue weighted by atomic mass is 16.8. The van der Waals surface area contributed by atoms with Gasteiger partial charge >= 0.3 is 0 Å². The lowest BCUT2D eigenvalue weighted by Gasteiger charge is -2.48. The zero-order chi connectivity index (χ0) is 65.4. The molecular weight excluding hydrogens is 1150 g/mol. The summed E-state index contributed by atoms with van der Waals surface area (Å²) in [6.07, 6.45) is 36.2. The van der Waals surface area contributed by atoms with Gasteiger partial charge in [0.1, 0.15) is 73.2 Å². The number of unbranched alkanes of at least 4 members (excludes halogenated alkanes) is 39. The van der Waals surface area contributed by atoms with Crippen molar-refractivity contribution in [2.24, 2.45) is 0 Å². The lowest BCUT2D eigenvalue weighted by atomic mass is 9.96. The van der Waals surface area contributed by atoms with Crippen molar-refractivity contribution in [3.63, 3.8) is 0 Å². The Morgan fingerprint density at radius 2 is 0.711 bits per heavy atom. The Balaban J connectivity index is 1.17. The molecule has 0 radical (unpaired) electrons. The van der Waals surface area contributed by atoms with Gasteiger partial charge in [0.05, 0.1) is 38.6 Å². The predicted molar refractivity (Wildman–Crippen MR) is 351 cm³/mol. The average Bonchev–Trinajstić information content (AvgIpc) is 1.01. The van der Waals surface area contributed by atoms with Crippen molar-refractivity contribution in [2.45, 2.75) is 394 Å². The number of rotatable bonds is 57. The Hall–Kier alpha value is -1.73. The first-order chi connectivity index (χ1) is 43.8. The fourth-order valence-corrected chi connectivity index (χ4v) is 12.5. The maximum absolute atomic E-state index is 13.2. The third-order valence-electron chi connectivity index (χ3n) is 18.5. The molecule has 0 aromatic heterocycles. The van der Waals surface area contributed by atoms with Gasteiger partial charge in [-0.05, 0) is 38.5 Å². The molecule has 0 spiro atoms. The molecule has 3 aliphatic rings. The number of nitrogens with one attached hydrogen (secondary N) is 1. The highest BCUT2D eigenvalue weighted by molar-refractivity contribution is 5.76. The molecule has 0 saturated carbocycles. The second-order valence-electron chi connectivity index (χ2n) is 26.4. The van der Waals surface area contributed by atoms with Crippen LogP contribution >= 0.6 is 0 Å². The Bertz CT molecular complexity index is 1730. The summed E-state index contributed by atoms with van der Waals surface area (Å²) >= 11 is 0. The SMILES string of the molecule is CCCC/C=C/C(O)C(COC1OC(CO)C(OC2OC(CO)C(OC3OC(CO)C(O)C(O)C3O)C(O)C2O)C(O)C1O)NC(=O)CCCCCCCCCCCCCCCCCCCCCCCCCCCCCCC/C=C\CCCCCCCCCC. The standard InChI is InChI=1S/C71H133NO18/c1-3-5-7-9-10-11-12-13-14-15-16-17-18-19-20-21-22-23-24-25-26-27-28-29-30-31-32-33-34-35-36-37-38-39-40-41-42-43-44-45-47-49-59(77)72-54(55(76)48-46-8-6-4-2)53-85-69-65(83)62(80)67(57(51-74)87-69)90-71-66(84)63(81)68(58(52-75)88-71)89-70-64(82)61(79)60(78)56(50-73)86-70/h15-16,46,48,54-58,60-71,73-76,78-84H,3-14,17-45,47,49-53H2,1-2H3,(H,72,77)/b16-15-,48-46+. The Labute approximate surface area is 543 Å². The Morgan fingerprint density at radius 1 is 0.389 bits per heavy atom. The summed E-state index contributed by atoms with van der Waals surface area (Å²) in [7, 11) is 0. The van der Waals surface area contributed by atoms with Gasteiger partial charge in [0, 0.05) is 6.42 Å². The van der Waals surface area contributed by atoms with Crippen LogP contribution in [0.25, 0.3) is 0 Å². The van der Waals surface area contributed by atoms with E-state index in [1.165, 1.54) is 225 Å². The Kier molecular flexibility index (Phi) is 49.0. The smallest absolute Gasteiger partial charge is 0.220 e. The number of hydrogen-bond donors (Lipinski definition) is 12. The van der Waals surface area contributed by atoms with E-state index in [1.807, 2.05) is 13.0 Å². The Morgan fingerprint density at radius 3 is 1.10 bits per heavy atom. The summed E-state index contributed by atoms with van der Waals surface area (Å²) in [5.74, 6) is -0.280. The molecule has 12 N–H and O–H groups in total. The molecule has 17 unspecified atom stereocenters. The first-order valence-electron chi connectivity index (χ1n) is 36.6. The van der Waals surface area contributed by atoms with Crippen LogP contribution in [0, 0.1) is 0 Å². The molecule has 3 fully saturated rings. The van der Waals surface area contributed by atoms with Crippen molar-refractivity contribution in [2.75, 3.05) is 26.4 Å². The number of carbonyl (C=O) groups excluding carboxylic acids is 1. The fraction of sp³-hybridized carbons (Fsp3) is 0.930. The van der Waals surface area contributed by atoms with Gasteiger partial charge in [-0.1, -0.05) is 269 Å². The number of ether oxygens (including phenoxy) is 6. The third-order valence-corrected chi connectivity index (χ3v) is 18.5. The van der Waals surface area contributed by atoms with E-state index in [0.29, 0.717) is 12.8 Å². The van der Waals surface area contributed by atoms with Crippen molar-refractivity contribution in [3.05, 3.63) is 24.3 Å². The topological polar surface area (TPSA) is 307 Å². The van der Waals surface area contributed by atoms with Crippen LogP contribution in [0.5, 0.6) is 0 Å². The maximum Gasteiger partial charge on any atom is 0.220 e. The van der Waals surface area contributed by atoms with E-state index in [2.05, 4.69) is 24.4 Å². The highest BCUT2D eigenvalue weighted by Gasteiger charge is 2.53. The van der Waals surface area contributed by atoms with Gasteiger partial charge in [0.25, 0.3) is 0 Å². The maximum atomic E-state index is 13.2. The first kappa shape index (κ1) is 82.5. The zero-order valence-corrected chi connectivity index (χ0v) is 56.1. The van der Waals surface area contributed by atoms with Crippen LogP contribution in [-0.2, 0) is 33.2 Å². The molecule has 3 rings (SSSR count). The van der Waals surface area contributed by atoms with E-state index >= 15 is 0 Å². The molecule has 90 heavy (non-hydrogen) atoms. The van der Waals surface area contributed by atoms with Gasteiger partial charge in [-0.15, -0.1) is 0 Å². The van der Waals surface area contributed by atoms with E-state index in [9.17, 15) is 61.0 Å². The van der Waals surface area contributed by atoms with E-state index in [4.69, 9.17) is 28.4 Å². The van der Waals surface area contributed by atoms with Crippen LogP contribution < -0.4 is 5.32 Å². The second kappa shape index (κ2) is 53.4. The van der Waals surface area contributed by atoms with Crippen molar-refractivity contribution in [3.8, 4) is 0 Å². The van der Waals surface area contributed by atoms with Crippen LogP contribution in [0.1, 0.15) is 290 Å². The molecule has 0 bridgehead atoms. The van der Waals surface area contributed by atoms with E-state index in [0.717, 1.165) is 32.1 Å². The third kappa shape index (κ3) is 34.8. The molecule has 530 valence electrons. The van der Waals surface area contributed by atoms with Crippen LogP contribution in [0.3, 0.4) is 0 Å². The molecule has 17 atom stereocenters. The number of amides is 1. The van der Waals surface area contributed by atoms with Gasteiger partial charge < -0.3 is 89.9 Å². The summed E-state index contributed by atoms with van der Waals surface area (Å²) in [5.41, 5.74) is 0. The van der Waals surface area contributed by atoms with E-state index in [1.54, 1.807) is 6.08 Å². The number of aliphatic hydroxyl groups excluding tert-OH is 11. The van der Waals surface area contributed by atoms with Crippen molar-refractivity contribution < 1.29 is 89.4 Å². The molecule has 1 amide bonds. The van der Waals surface area contributed by atoms with E-state index in [-0.39, 0.29) is 18.9 Å². The lowest BCUT2D eigenvalue weighted by molar-refractivity contribution is -0.379. The summed E-state index contributed by atoms with van der Waals surface area (Å²) in [6, 6.07) is -0.965. The minimum Gasteiger partial charge on any atom is -0.394 e. The van der Waals surface area contributed by atoms with Gasteiger partial charge in [-0.25, -0.2) is 0 Å². The molecule has 3 aliphatic heterocycles. The zero-order valence-electron chi connectivity index (χ0n) is 56.1. The van der Waals surface area contributed by atoms with Gasteiger partial charge in [0.2, 0.25) is 5.91 Å². The minimum atomic E-state index is -1.97. The quantitative estimate of drug-likeness (QED) is 0.0199. The van der Waals surface area contributed by atoms with Crippen LogP contribution in [-0.4, -0.2) is 193 Å². The molecule has 3 saturated heterocycles. The van der Waals surface area contributed by atoms with Gasteiger partial charge in [-0.2, -0.15) is 0 Å². The van der Waals surface area contributed by atoms with Crippen molar-refractivity contribution >= 4 is 5.91 Å². The molecule has 3 heterocycles.